The quantitative estimate of drug-likeness (QED) is 0.0555. The molecule has 176 valence electrons. The minimum Gasteiger partial charge on any atom is -0.423 e. The number of hydrogen-bond acceptors (Lipinski definition) is 2. The van der Waals surface area contributed by atoms with Gasteiger partial charge in [0.15, 0.2) is 0 Å². The van der Waals surface area contributed by atoms with Crippen molar-refractivity contribution in [3.05, 3.63) is 42.5 Å². The van der Waals surface area contributed by atoms with Gasteiger partial charge in [-0.25, -0.2) is 4.79 Å². The van der Waals surface area contributed by atoms with Gasteiger partial charge in [0.1, 0.15) is 8.98 Å². The van der Waals surface area contributed by atoms with Crippen LogP contribution in [0.2, 0.25) is 0 Å². The van der Waals surface area contributed by atoms with Gasteiger partial charge in [-0.2, -0.15) is 0 Å². The van der Waals surface area contributed by atoms with Crippen molar-refractivity contribution < 1.29 is 9.53 Å². The van der Waals surface area contributed by atoms with Crippen molar-refractivity contribution in [3.63, 3.8) is 0 Å². The Kier molecular flexibility index (Phi) is 16.4. The number of hydrogen-bond donors (Lipinski definition) is 0. The molecule has 0 bridgehead atoms. The fourth-order valence-electron chi connectivity index (χ4n) is 3.86. The van der Waals surface area contributed by atoms with Crippen molar-refractivity contribution in [1.82, 2.24) is 0 Å². The van der Waals surface area contributed by atoms with E-state index in [9.17, 15) is 4.79 Å². The van der Waals surface area contributed by atoms with Crippen molar-refractivity contribution in [1.29, 1.82) is 0 Å². The Morgan fingerprint density at radius 1 is 0.839 bits per heavy atom. The first kappa shape index (κ1) is 28.4. The van der Waals surface area contributed by atoms with E-state index in [0.29, 0.717) is 5.75 Å². The number of halogens is 2. The fourth-order valence-corrected chi connectivity index (χ4v) is 5.08. The molecule has 0 N–H and O–H groups in total. The predicted octanol–water partition coefficient (Wildman–Crippen LogP) is 9.98. The van der Waals surface area contributed by atoms with E-state index in [1.54, 1.807) is 0 Å². The van der Waals surface area contributed by atoms with Crippen molar-refractivity contribution in [2.75, 3.05) is 0 Å². The summed E-state index contributed by atoms with van der Waals surface area (Å²) in [5.74, 6) is 0.136. The smallest absolute Gasteiger partial charge is 0.335 e. The summed E-state index contributed by atoms with van der Waals surface area (Å²) < 4.78 is 5.01. The molecule has 1 aromatic rings. The normalized spacial score (nSPS) is 11.5. The minimum atomic E-state index is -0.435. The molecule has 4 heteroatoms. The van der Waals surface area contributed by atoms with Gasteiger partial charge in [0.05, 0.1) is 0 Å². The Labute approximate surface area is 207 Å². The van der Waals surface area contributed by atoms with Gasteiger partial charge in [0.25, 0.3) is 0 Å². The van der Waals surface area contributed by atoms with E-state index in [1.165, 1.54) is 96.0 Å². The molecule has 0 fully saturated rings. The second-order valence-corrected chi connectivity index (χ2v) is 12.3. The maximum Gasteiger partial charge on any atom is 0.335 e. The molecule has 31 heavy (non-hydrogen) atoms. The van der Waals surface area contributed by atoms with Gasteiger partial charge in [-0.3, -0.25) is 0 Å². The number of unbranched alkanes of at least 4 members (excludes halogenated alkanes) is 14. The van der Waals surface area contributed by atoms with Gasteiger partial charge in [0, 0.05) is 11.6 Å². The van der Waals surface area contributed by atoms with Crippen LogP contribution in [0.3, 0.4) is 0 Å². The molecule has 0 aliphatic carbocycles. The first-order valence-electron chi connectivity index (χ1n) is 12.3. The minimum absolute atomic E-state index is 0.380. The Morgan fingerprint density at radius 2 is 1.29 bits per heavy atom. The molecule has 2 nitrogen and oxygen atoms in total. The van der Waals surface area contributed by atoms with Crippen LogP contribution in [-0.2, 0) is 8.03 Å². The largest absolute Gasteiger partial charge is 0.423 e. The maximum absolute atomic E-state index is 11.6. The molecule has 0 saturated carbocycles. The highest BCUT2D eigenvalue weighted by molar-refractivity contribution is 9.24. The summed E-state index contributed by atoms with van der Waals surface area (Å²) in [6.07, 6.45) is 22.6. The third kappa shape index (κ3) is 13.5. The molecule has 0 aliphatic heterocycles. The lowest BCUT2D eigenvalue weighted by Gasteiger charge is -2.23. The Balaban J connectivity index is 2.10. The van der Waals surface area contributed by atoms with E-state index in [2.05, 4.69) is 45.4 Å². The van der Waals surface area contributed by atoms with E-state index in [1.807, 2.05) is 24.3 Å². The summed E-state index contributed by atoms with van der Waals surface area (Å²) in [6, 6.07) is 7.64. The first-order chi connectivity index (χ1) is 15.0. The van der Waals surface area contributed by atoms with Gasteiger partial charge in [0.2, 0.25) is 0 Å². The van der Waals surface area contributed by atoms with Crippen LogP contribution >= 0.6 is 31.9 Å². The van der Waals surface area contributed by atoms with E-state index >= 15 is 0 Å². The van der Waals surface area contributed by atoms with Crippen LogP contribution in [-0.4, -0.2) is 5.97 Å². The standard InChI is InChI=1S/C27H42Br2O2/c1-3-5-6-7-8-9-10-11-12-13-14-15-16-17-20-23-27(28,29)24-21-18-19-22-25(24)31-26(30)4-2/h4,18-19,21-22H,2-3,5-17,20,23H2,1H3. The summed E-state index contributed by atoms with van der Waals surface area (Å²) in [5.41, 5.74) is 0.940. The van der Waals surface area contributed by atoms with Crippen molar-refractivity contribution >= 4 is 37.8 Å². The highest BCUT2D eigenvalue weighted by Gasteiger charge is 2.28. The molecule has 0 saturated heterocycles. The number of alkyl halides is 2. The van der Waals surface area contributed by atoms with Crippen LogP contribution in [0.25, 0.3) is 0 Å². The maximum atomic E-state index is 11.6. The van der Waals surface area contributed by atoms with Crippen molar-refractivity contribution in [3.8, 4) is 5.75 Å². The molecule has 1 aromatic carbocycles. The summed E-state index contributed by atoms with van der Waals surface area (Å²) in [4.78, 5) is 11.6. The molecule has 0 atom stereocenters. The highest BCUT2D eigenvalue weighted by atomic mass is 79.9. The van der Waals surface area contributed by atoms with Crippen LogP contribution in [0.15, 0.2) is 36.9 Å². The second-order valence-electron chi connectivity index (χ2n) is 8.53. The SMILES string of the molecule is C=CC(=O)Oc1ccccc1C(Br)(Br)CCCCCCCCCCCCCCCCC. The zero-order valence-electron chi connectivity index (χ0n) is 19.5. The number of rotatable bonds is 19. The lowest BCUT2D eigenvalue weighted by atomic mass is 10.0. The molecule has 1 rings (SSSR count). The van der Waals surface area contributed by atoms with Crippen LogP contribution in [0, 0.1) is 0 Å². The lowest BCUT2D eigenvalue weighted by Crippen LogP contribution is -2.13. The summed E-state index contributed by atoms with van der Waals surface area (Å²) in [6.45, 7) is 5.75. The zero-order valence-corrected chi connectivity index (χ0v) is 22.7. The van der Waals surface area contributed by atoms with Crippen LogP contribution in [0.1, 0.15) is 115 Å². The van der Waals surface area contributed by atoms with Gasteiger partial charge in [-0.1, -0.05) is 160 Å². The molecular formula is C27H42Br2O2. The van der Waals surface area contributed by atoms with E-state index < -0.39 is 5.97 Å². The molecule has 0 amide bonds. The Morgan fingerprint density at radius 3 is 1.77 bits per heavy atom. The van der Waals surface area contributed by atoms with Gasteiger partial charge >= 0.3 is 5.97 Å². The zero-order chi connectivity index (χ0) is 22.8. The highest BCUT2D eigenvalue weighted by Crippen LogP contribution is 2.46. The third-order valence-corrected chi connectivity index (χ3v) is 7.40. The third-order valence-electron chi connectivity index (χ3n) is 5.75. The number of esters is 1. The van der Waals surface area contributed by atoms with E-state index in [0.717, 1.165) is 18.4 Å². The molecule has 0 radical (unpaired) electrons. The van der Waals surface area contributed by atoms with Crippen LogP contribution < -0.4 is 4.74 Å². The van der Waals surface area contributed by atoms with Crippen LogP contribution in [0.4, 0.5) is 0 Å². The summed E-state index contributed by atoms with van der Waals surface area (Å²) >= 11 is 7.59. The molecule has 0 spiro atoms. The average Bonchev–Trinajstić information content (AvgIpc) is 2.76. The van der Waals surface area contributed by atoms with Crippen LogP contribution in [0.5, 0.6) is 5.75 Å². The molecule has 0 aliphatic rings. The fraction of sp³-hybridized carbons (Fsp3) is 0.667. The number of benzene rings is 1. The number of para-hydroxylation sites is 1. The van der Waals surface area contributed by atoms with Gasteiger partial charge in [-0.15, -0.1) is 0 Å². The predicted molar refractivity (Wildman–Crippen MR) is 141 cm³/mol. The lowest BCUT2D eigenvalue weighted by molar-refractivity contribution is -0.129. The number of carbonyl (C=O) groups is 1. The molecular weight excluding hydrogens is 516 g/mol. The van der Waals surface area contributed by atoms with E-state index in [4.69, 9.17) is 4.74 Å². The Hall–Kier alpha value is -0.610. The molecule has 0 unspecified atom stereocenters. The molecule has 0 aromatic heterocycles. The average molecular weight is 558 g/mol. The summed E-state index contributed by atoms with van der Waals surface area (Å²) in [5, 5.41) is 0. The Bertz CT molecular complexity index is 613. The monoisotopic (exact) mass is 556 g/mol. The number of carbonyl (C=O) groups excluding carboxylic acids is 1. The van der Waals surface area contributed by atoms with Crippen molar-refractivity contribution in [2.24, 2.45) is 0 Å². The first-order valence-corrected chi connectivity index (χ1v) is 13.9. The van der Waals surface area contributed by atoms with E-state index in [-0.39, 0.29) is 3.23 Å². The molecule has 0 heterocycles. The summed E-state index contributed by atoms with van der Waals surface area (Å²) in [7, 11) is 0. The second kappa shape index (κ2) is 17.9. The topological polar surface area (TPSA) is 26.3 Å². The van der Waals surface area contributed by atoms with Crippen molar-refractivity contribution in [2.45, 2.75) is 113 Å². The van der Waals surface area contributed by atoms with Gasteiger partial charge < -0.3 is 4.74 Å². The number of ether oxygens (including phenoxy) is 1. The van der Waals surface area contributed by atoms with Gasteiger partial charge in [-0.05, 0) is 12.5 Å².